The van der Waals surface area contributed by atoms with Gasteiger partial charge < -0.3 is 14.8 Å². The Labute approximate surface area is 164 Å². The van der Waals surface area contributed by atoms with Gasteiger partial charge in [-0.3, -0.25) is 9.10 Å². The Kier molecular flexibility index (Phi) is 6.85. The molecule has 0 bridgehead atoms. The first-order chi connectivity index (χ1) is 13.2. The first kappa shape index (κ1) is 21.5. The first-order valence-corrected chi connectivity index (χ1v) is 10.3. The molecule has 1 amide bonds. The molecule has 0 saturated heterocycles. The molecule has 0 aliphatic rings. The SMILES string of the molecule is COc1ccc(OC)c(N([C@H](C)C(=O)NCc2ccc(F)cc2)S(C)(=O)=O)c1. The second-order valence-corrected chi connectivity index (χ2v) is 7.98. The van der Waals surface area contributed by atoms with E-state index in [1.807, 2.05) is 0 Å². The molecule has 0 radical (unpaired) electrons. The number of nitrogens with one attached hydrogen (secondary N) is 1. The molecule has 0 heterocycles. The van der Waals surface area contributed by atoms with E-state index in [1.165, 1.54) is 39.3 Å². The van der Waals surface area contributed by atoms with E-state index < -0.39 is 22.0 Å². The van der Waals surface area contributed by atoms with E-state index in [1.54, 1.807) is 24.3 Å². The summed E-state index contributed by atoms with van der Waals surface area (Å²) in [5.74, 6) is -0.191. The van der Waals surface area contributed by atoms with Crippen LogP contribution in [0.25, 0.3) is 0 Å². The summed E-state index contributed by atoms with van der Waals surface area (Å²) in [7, 11) is -0.960. The number of methoxy groups -OCH3 is 2. The van der Waals surface area contributed by atoms with Crippen LogP contribution < -0.4 is 19.1 Å². The van der Waals surface area contributed by atoms with Crippen molar-refractivity contribution in [1.82, 2.24) is 5.32 Å². The van der Waals surface area contributed by atoms with Crippen molar-refractivity contribution in [2.45, 2.75) is 19.5 Å². The fourth-order valence-corrected chi connectivity index (χ4v) is 3.86. The quantitative estimate of drug-likeness (QED) is 0.722. The number of amides is 1. The van der Waals surface area contributed by atoms with Crippen molar-refractivity contribution in [2.75, 3.05) is 24.8 Å². The Hall–Kier alpha value is -2.81. The molecule has 2 aromatic rings. The number of anilines is 1. The molecule has 2 rings (SSSR count). The second-order valence-electron chi connectivity index (χ2n) is 6.12. The summed E-state index contributed by atoms with van der Waals surface area (Å²) in [6.07, 6.45) is 1.01. The minimum absolute atomic E-state index is 0.135. The van der Waals surface area contributed by atoms with Crippen LogP contribution in [0.2, 0.25) is 0 Å². The number of ether oxygens (including phenoxy) is 2. The third-order valence-corrected chi connectivity index (χ3v) is 5.32. The highest BCUT2D eigenvalue weighted by Crippen LogP contribution is 2.35. The Bertz CT molecular complexity index is 932. The third-order valence-electron chi connectivity index (χ3n) is 4.09. The predicted octanol–water partition coefficient (Wildman–Crippen LogP) is 2.31. The molecule has 0 aliphatic carbocycles. The van der Waals surface area contributed by atoms with Gasteiger partial charge in [0.15, 0.2) is 0 Å². The Morgan fingerprint density at radius 1 is 1.14 bits per heavy atom. The van der Waals surface area contributed by atoms with E-state index in [9.17, 15) is 17.6 Å². The summed E-state index contributed by atoms with van der Waals surface area (Å²) < 4.78 is 49.3. The van der Waals surface area contributed by atoms with E-state index in [2.05, 4.69) is 5.32 Å². The third kappa shape index (κ3) is 5.13. The summed E-state index contributed by atoms with van der Waals surface area (Å²) in [4.78, 5) is 12.6. The zero-order valence-corrected chi connectivity index (χ0v) is 16.9. The van der Waals surface area contributed by atoms with E-state index >= 15 is 0 Å². The van der Waals surface area contributed by atoms with Crippen LogP contribution in [-0.4, -0.2) is 40.8 Å². The van der Waals surface area contributed by atoms with Gasteiger partial charge in [0.25, 0.3) is 0 Å². The fraction of sp³-hybridized carbons (Fsp3) is 0.316. The molecule has 9 heteroatoms. The highest BCUT2D eigenvalue weighted by Gasteiger charge is 2.31. The number of hydrogen-bond donors (Lipinski definition) is 1. The maximum atomic E-state index is 13.0. The summed E-state index contributed by atoms with van der Waals surface area (Å²) in [5, 5.41) is 2.67. The molecular weight excluding hydrogens is 387 g/mol. The number of sulfonamides is 1. The van der Waals surface area contributed by atoms with Crippen molar-refractivity contribution in [3.8, 4) is 11.5 Å². The molecule has 1 N–H and O–H groups in total. The normalized spacial score (nSPS) is 12.2. The van der Waals surface area contributed by atoms with Gasteiger partial charge in [-0.05, 0) is 36.8 Å². The molecule has 152 valence electrons. The lowest BCUT2D eigenvalue weighted by molar-refractivity contribution is -0.122. The van der Waals surface area contributed by atoms with Gasteiger partial charge in [0, 0.05) is 12.6 Å². The molecular formula is C19H23FN2O5S. The summed E-state index contributed by atoms with van der Waals surface area (Å²) in [5.41, 5.74) is 0.876. The van der Waals surface area contributed by atoms with E-state index in [-0.39, 0.29) is 23.8 Å². The van der Waals surface area contributed by atoms with Crippen molar-refractivity contribution in [1.29, 1.82) is 0 Å². The number of hydrogen-bond acceptors (Lipinski definition) is 5. The first-order valence-electron chi connectivity index (χ1n) is 8.41. The lowest BCUT2D eigenvalue weighted by atomic mass is 10.2. The van der Waals surface area contributed by atoms with Crippen LogP contribution in [0.3, 0.4) is 0 Å². The van der Waals surface area contributed by atoms with Gasteiger partial charge in [0.2, 0.25) is 15.9 Å². The molecule has 0 aromatic heterocycles. The van der Waals surface area contributed by atoms with Gasteiger partial charge in [-0.1, -0.05) is 12.1 Å². The molecule has 2 aromatic carbocycles. The van der Waals surface area contributed by atoms with Crippen LogP contribution in [0.4, 0.5) is 10.1 Å². The second kappa shape index (κ2) is 8.92. The number of halogens is 1. The number of nitrogens with zero attached hydrogens (tertiary/aromatic N) is 1. The summed E-state index contributed by atoms with van der Waals surface area (Å²) in [6, 6.07) is 9.28. The van der Waals surface area contributed by atoms with Crippen molar-refractivity contribution >= 4 is 21.6 Å². The fourth-order valence-electron chi connectivity index (χ4n) is 2.69. The largest absolute Gasteiger partial charge is 0.497 e. The molecule has 0 saturated carbocycles. The van der Waals surface area contributed by atoms with Crippen LogP contribution in [0.5, 0.6) is 11.5 Å². The van der Waals surface area contributed by atoms with Crippen LogP contribution in [-0.2, 0) is 21.4 Å². The van der Waals surface area contributed by atoms with Crippen molar-refractivity contribution < 1.29 is 27.1 Å². The van der Waals surface area contributed by atoms with Gasteiger partial charge in [-0.15, -0.1) is 0 Å². The lowest BCUT2D eigenvalue weighted by Gasteiger charge is -2.29. The Balaban J connectivity index is 2.30. The van der Waals surface area contributed by atoms with Crippen molar-refractivity contribution in [2.24, 2.45) is 0 Å². The Morgan fingerprint density at radius 2 is 1.79 bits per heavy atom. The molecule has 0 fully saturated rings. The highest BCUT2D eigenvalue weighted by molar-refractivity contribution is 7.92. The van der Waals surface area contributed by atoms with Crippen LogP contribution in [0.1, 0.15) is 12.5 Å². The number of rotatable bonds is 8. The number of benzene rings is 2. The molecule has 28 heavy (non-hydrogen) atoms. The molecule has 0 unspecified atom stereocenters. The molecule has 1 atom stereocenters. The maximum absolute atomic E-state index is 13.0. The smallest absolute Gasteiger partial charge is 0.243 e. The van der Waals surface area contributed by atoms with Gasteiger partial charge >= 0.3 is 0 Å². The minimum atomic E-state index is -3.82. The van der Waals surface area contributed by atoms with Gasteiger partial charge in [-0.25, -0.2) is 12.8 Å². The van der Waals surface area contributed by atoms with Gasteiger partial charge in [0.05, 0.1) is 26.2 Å². The van der Waals surface area contributed by atoms with Crippen LogP contribution in [0.15, 0.2) is 42.5 Å². The van der Waals surface area contributed by atoms with Crippen molar-refractivity contribution in [3.63, 3.8) is 0 Å². The van der Waals surface area contributed by atoms with Crippen molar-refractivity contribution in [3.05, 3.63) is 53.8 Å². The van der Waals surface area contributed by atoms with E-state index in [0.717, 1.165) is 10.6 Å². The number of carbonyl (C=O) groups excluding carboxylic acids is 1. The topological polar surface area (TPSA) is 84.9 Å². The summed E-state index contributed by atoms with van der Waals surface area (Å²) in [6.45, 7) is 1.61. The highest BCUT2D eigenvalue weighted by atomic mass is 32.2. The summed E-state index contributed by atoms with van der Waals surface area (Å²) >= 11 is 0. The zero-order chi connectivity index (χ0) is 20.9. The van der Waals surface area contributed by atoms with Crippen LogP contribution in [0, 0.1) is 5.82 Å². The molecule has 0 aliphatic heterocycles. The zero-order valence-electron chi connectivity index (χ0n) is 16.1. The average molecular weight is 410 g/mol. The lowest BCUT2D eigenvalue weighted by Crippen LogP contribution is -2.47. The molecule has 7 nitrogen and oxygen atoms in total. The minimum Gasteiger partial charge on any atom is -0.497 e. The Morgan fingerprint density at radius 3 is 2.32 bits per heavy atom. The predicted molar refractivity (Wildman–Crippen MR) is 105 cm³/mol. The standard InChI is InChI=1S/C19H23FN2O5S/c1-13(19(23)21-12-14-5-7-15(20)8-6-14)22(28(4,24)25)17-11-16(26-2)9-10-18(17)27-3/h5-11,13H,12H2,1-4H3,(H,21,23)/t13-/m1/s1. The van der Waals surface area contributed by atoms with E-state index in [4.69, 9.17) is 9.47 Å². The monoisotopic (exact) mass is 410 g/mol. The van der Waals surface area contributed by atoms with Gasteiger partial charge in [0.1, 0.15) is 23.4 Å². The number of carbonyl (C=O) groups is 1. The van der Waals surface area contributed by atoms with E-state index in [0.29, 0.717) is 11.3 Å². The molecule has 0 spiro atoms. The average Bonchev–Trinajstić information content (AvgIpc) is 2.66. The van der Waals surface area contributed by atoms with Crippen LogP contribution >= 0.6 is 0 Å². The maximum Gasteiger partial charge on any atom is 0.243 e. The van der Waals surface area contributed by atoms with Gasteiger partial charge in [-0.2, -0.15) is 0 Å².